The van der Waals surface area contributed by atoms with Crippen LogP contribution in [0.5, 0.6) is 11.5 Å². The molecule has 0 saturated heterocycles. The highest BCUT2D eigenvalue weighted by Crippen LogP contribution is 2.44. The van der Waals surface area contributed by atoms with Crippen LogP contribution in [0.4, 0.5) is 5.69 Å². The molecule has 2 aromatic rings. The Morgan fingerprint density at radius 3 is 2.42 bits per heavy atom. The van der Waals surface area contributed by atoms with E-state index < -0.39 is 15.9 Å². The number of anilines is 1. The van der Waals surface area contributed by atoms with Crippen LogP contribution in [0, 0.1) is 0 Å². The molecule has 1 heterocycles. The highest BCUT2D eigenvalue weighted by molar-refractivity contribution is 7.97. The van der Waals surface area contributed by atoms with Crippen LogP contribution in [-0.2, 0) is 26.2 Å². The summed E-state index contributed by atoms with van der Waals surface area (Å²) < 4.78 is 44.2. The van der Waals surface area contributed by atoms with E-state index in [-0.39, 0.29) is 24.6 Å². The fourth-order valence-corrected chi connectivity index (χ4v) is 5.35. The van der Waals surface area contributed by atoms with E-state index in [0.717, 1.165) is 9.87 Å². The van der Waals surface area contributed by atoms with Crippen LogP contribution in [0.2, 0.25) is 0 Å². The first-order valence-electron chi connectivity index (χ1n) is 10.4. The van der Waals surface area contributed by atoms with E-state index in [9.17, 15) is 13.2 Å². The quantitative estimate of drug-likeness (QED) is 0.422. The predicted octanol–water partition coefficient (Wildman–Crippen LogP) is 3.10. The number of rotatable bonds is 10. The summed E-state index contributed by atoms with van der Waals surface area (Å²) in [6.45, 7) is 6.07. The lowest BCUT2D eigenvalue weighted by atomic mass is 10.0. The highest BCUT2D eigenvalue weighted by atomic mass is 32.2. The molecule has 1 N–H and O–H groups in total. The number of nitrogens with one attached hydrogen (secondary N) is 1. The molecule has 0 spiro atoms. The van der Waals surface area contributed by atoms with E-state index in [1.807, 2.05) is 30.3 Å². The van der Waals surface area contributed by atoms with Gasteiger partial charge >= 0.3 is 0 Å². The Morgan fingerprint density at radius 1 is 1.12 bits per heavy atom. The fourth-order valence-electron chi connectivity index (χ4n) is 3.61. The third-order valence-electron chi connectivity index (χ3n) is 5.21. The van der Waals surface area contributed by atoms with Crippen molar-refractivity contribution in [3.8, 4) is 11.5 Å². The molecule has 9 heteroatoms. The fraction of sp³-hybridized carbons (Fsp3) is 0.292. The number of carbonyl (C=O) groups excluding carboxylic acids is 1. The molecule has 0 aliphatic carbocycles. The average molecular weight is 473 g/mol. The van der Waals surface area contributed by atoms with Gasteiger partial charge in [0.05, 0.1) is 39.7 Å². The van der Waals surface area contributed by atoms with Gasteiger partial charge < -0.3 is 19.5 Å². The smallest absolute Gasteiger partial charge is 0.270 e. The van der Waals surface area contributed by atoms with Gasteiger partial charge in [0.2, 0.25) is 0 Å². The first-order chi connectivity index (χ1) is 15.8. The first-order valence-corrected chi connectivity index (χ1v) is 11.8. The van der Waals surface area contributed by atoms with Crippen molar-refractivity contribution < 1.29 is 27.4 Å². The number of amides is 1. The zero-order chi connectivity index (χ0) is 24.0. The molecule has 0 unspecified atom stereocenters. The van der Waals surface area contributed by atoms with Gasteiger partial charge in [-0.15, -0.1) is 6.58 Å². The Kier molecular flexibility index (Phi) is 7.78. The second kappa shape index (κ2) is 10.5. The predicted molar refractivity (Wildman–Crippen MR) is 128 cm³/mol. The molecule has 0 atom stereocenters. The van der Waals surface area contributed by atoms with Crippen LogP contribution >= 0.6 is 0 Å². The lowest BCUT2D eigenvalue weighted by Gasteiger charge is -2.32. The molecule has 2 aromatic carbocycles. The van der Waals surface area contributed by atoms with Gasteiger partial charge in [-0.3, -0.25) is 9.10 Å². The molecule has 1 aliphatic heterocycles. The summed E-state index contributed by atoms with van der Waals surface area (Å²) in [5.74, 6) is 0.129. The van der Waals surface area contributed by atoms with Gasteiger partial charge in [-0.05, 0) is 24.1 Å². The minimum Gasteiger partial charge on any atom is -0.493 e. The Hall–Kier alpha value is -3.30. The van der Waals surface area contributed by atoms with Crippen molar-refractivity contribution in [2.75, 3.05) is 38.2 Å². The van der Waals surface area contributed by atoms with Gasteiger partial charge in [-0.25, -0.2) is 8.42 Å². The summed E-state index contributed by atoms with van der Waals surface area (Å²) in [6.07, 6.45) is 1.46. The van der Waals surface area contributed by atoms with Crippen molar-refractivity contribution in [2.45, 2.75) is 13.5 Å². The maximum absolute atomic E-state index is 13.4. The molecule has 8 nitrogen and oxygen atoms in total. The number of methoxy groups -OCH3 is 2. The van der Waals surface area contributed by atoms with Gasteiger partial charge in [0.25, 0.3) is 15.9 Å². The number of allylic oxidation sites excluding steroid dienone is 1. The summed E-state index contributed by atoms with van der Waals surface area (Å²) in [4.78, 5) is 12.7. The van der Waals surface area contributed by atoms with Crippen molar-refractivity contribution >= 4 is 27.2 Å². The Balaban J connectivity index is 1.84. The van der Waals surface area contributed by atoms with Crippen LogP contribution in [0.3, 0.4) is 0 Å². The van der Waals surface area contributed by atoms with Crippen LogP contribution in [0.1, 0.15) is 18.1 Å². The largest absolute Gasteiger partial charge is 0.493 e. The second-order valence-electron chi connectivity index (χ2n) is 7.30. The maximum Gasteiger partial charge on any atom is 0.270 e. The van der Waals surface area contributed by atoms with Gasteiger partial charge in [-0.2, -0.15) is 0 Å². The molecule has 3 rings (SSSR count). The highest BCUT2D eigenvalue weighted by Gasteiger charge is 2.39. The molecule has 0 fully saturated rings. The first kappa shape index (κ1) is 24.3. The lowest BCUT2D eigenvalue weighted by Crippen LogP contribution is -2.41. The summed E-state index contributed by atoms with van der Waals surface area (Å²) in [5, 5.41) is 2.66. The number of ether oxygens (including phenoxy) is 3. The molecule has 1 aliphatic rings. The number of nitrogens with zero attached hydrogens (tertiary/aromatic N) is 1. The van der Waals surface area contributed by atoms with E-state index in [0.29, 0.717) is 34.9 Å². The molecule has 0 saturated carbocycles. The van der Waals surface area contributed by atoms with E-state index in [1.165, 1.54) is 20.3 Å². The molecule has 33 heavy (non-hydrogen) atoms. The van der Waals surface area contributed by atoms with Gasteiger partial charge in [0.1, 0.15) is 0 Å². The third kappa shape index (κ3) is 5.04. The maximum atomic E-state index is 13.4. The minimum absolute atomic E-state index is 0.00490. The van der Waals surface area contributed by atoms with Crippen molar-refractivity contribution in [1.29, 1.82) is 0 Å². The minimum atomic E-state index is -4.13. The Morgan fingerprint density at radius 2 is 1.79 bits per heavy atom. The Labute approximate surface area is 194 Å². The molecule has 0 radical (unpaired) electrons. The van der Waals surface area contributed by atoms with Crippen LogP contribution in [0.15, 0.2) is 60.0 Å². The summed E-state index contributed by atoms with van der Waals surface area (Å²) in [5.41, 5.74) is 2.30. The van der Waals surface area contributed by atoms with Gasteiger partial charge in [0.15, 0.2) is 16.4 Å². The molecule has 0 aromatic heterocycles. The van der Waals surface area contributed by atoms with E-state index >= 15 is 0 Å². The molecule has 0 bridgehead atoms. The third-order valence-corrected chi connectivity index (χ3v) is 7.14. The number of fused-ring (bicyclic) bond motifs is 1. The topological polar surface area (TPSA) is 94.2 Å². The van der Waals surface area contributed by atoms with Gasteiger partial charge in [0, 0.05) is 18.2 Å². The summed E-state index contributed by atoms with van der Waals surface area (Å²) >= 11 is 0. The summed E-state index contributed by atoms with van der Waals surface area (Å²) in [7, 11) is -1.16. The van der Waals surface area contributed by atoms with Crippen molar-refractivity contribution in [3.63, 3.8) is 0 Å². The standard InChI is InChI=1S/C24H28N2O6S/c1-5-12-26-20-15-22(31-4)21(30-3)14-19(20)17(2)23(33(26,28)29)24(27)25-11-13-32-16-18-9-7-6-8-10-18/h5-10,14-15H,1,11-13,16H2,2-4H3,(H,25,27). The zero-order valence-electron chi connectivity index (χ0n) is 19.0. The number of benzene rings is 2. The molecule has 176 valence electrons. The number of hydrogen-bond acceptors (Lipinski definition) is 6. The Bertz CT molecular complexity index is 1160. The number of carbonyl (C=O) groups is 1. The van der Waals surface area contributed by atoms with Crippen molar-refractivity contribution in [2.24, 2.45) is 0 Å². The van der Waals surface area contributed by atoms with Crippen LogP contribution < -0.4 is 19.1 Å². The van der Waals surface area contributed by atoms with Crippen molar-refractivity contribution in [1.82, 2.24) is 5.32 Å². The van der Waals surface area contributed by atoms with E-state index in [4.69, 9.17) is 14.2 Å². The number of hydrogen-bond donors (Lipinski definition) is 1. The normalized spacial score (nSPS) is 14.5. The van der Waals surface area contributed by atoms with Gasteiger partial charge in [-0.1, -0.05) is 36.4 Å². The lowest BCUT2D eigenvalue weighted by molar-refractivity contribution is -0.117. The summed E-state index contributed by atoms with van der Waals surface area (Å²) in [6, 6.07) is 12.9. The number of sulfonamides is 1. The van der Waals surface area contributed by atoms with E-state index in [2.05, 4.69) is 11.9 Å². The monoisotopic (exact) mass is 472 g/mol. The molecule has 1 amide bonds. The van der Waals surface area contributed by atoms with Crippen molar-refractivity contribution in [3.05, 3.63) is 71.2 Å². The molecular weight excluding hydrogens is 444 g/mol. The van der Waals surface area contributed by atoms with E-state index in [1.54, 1.807) is 19.1 Å². The zero-order valence-corrected chi connectivity index (χ0v) is 19.8. The van der Waals surface area contributed by atoms with Crippen LogP contribution in [0.25, 0.3) is 5.57 Å². The SMILES string of the molecule is C=CCN1c2cc(OC)c(OC)cc2C(C)=C(C(=O)NCCOCc2ccccc2)S1(=O)=O. The van der Waals surface area contributed by atoms with Crippen LogP contribution in [-0.4, -0.2) is 48.2 Å². The molecular formula is C24H28N2O6S. The average Bonchev–Trinajstić information content (AvgIpc) is 2.81. The second-order valence-corrected chi connectivity index (χ2v) is 9.10.